The van der Waals surface area contributed by atoms with Crippen molar-refractivity contribution < 1.29 is 28.9 Å². The number of methoxy groups -OCH3 is 1. The number of Topliss-reactive ketones (excluding diaryl/α,β-unsaturated/α-hetero) is 1. The van der Waals surface area contributed by atoms with Crippen molar-refractivity contribution in [1.29, 1.82) is 0 Å². The third-order valence-electron chi connectivity index (χ3n) is 6.05. The van der Waals surface area contributed by atoms with E-state index in [1.165, 1.54) is 12.0 Å². The summed E-state index contributed by atoms with van der Waals surface area (Å²) in [6, 6.07) is 17.1. The first-order valence-corrected chi connectivity index (χ1v) is 10.8. The number of aryl methyl sites for hydroxylation is 2. The number of fused-ring (bicyclic) bond motifs is 1. The summed E-state index contributed by atoms with van der Waals surface area (Å²) < 4.78 is 16.3. The van der Waals surface area contributed by atoms with Crippen LogP contribution < -0.4 is 19.1 Å². The van der Waals surface area contributed by atoms with Crippen LogP contribution in [0.3, 0.4) is 0 Å². The average molecular weight is 457 g/mol. The van der Waals surface area contributed by atoms with E-state index in [1.807, 2.05) is 44.2 Å². The van der Waals surface area contributed by atoms with Gasteiger partial charge in [0.25, 0.3) is 11.7 Å². The molecule has 5 rings (SSSR count). The highest BCUT2D eigenvalue weighted by molar-refractivity contribution is 6.51. The maximum atomic E-state index is 13.4. The van der Waals surface area contributed by atoms with E-state index in [1.54, 1.807) is 30.3 Å². The number of carbonyl (C=O) groups excluding carboxylic acids is 2. The number of carbonyl (C=O) groups is 2. The van der Waals surface area contributed by atoms with Crippen molar-refractivity contribution in [3.8, 4) is 17.2 Å². The minimum absolute atomic E-state index is 0.00262. The van der Waals surface area contributed by atoms with Gasteiger partial charge >= 0.3 is 0 Å². The second kappa shape index (κ2) is 8.26. The Morgan fingerprint density at radius 2 is 1.74 bits per heavy atom. The smallest absolute Gasteiger partial charge is 0.300 e. The molecular formula is C27H23NO6. The molecule has 34 heavy (non-hydrogen) atoms. The highest BCUT2D eigenvalue weighted by atomic mass is 16.7. The molecule has 0 bridgehead atoms. The molecular weight excluding hydrogens is 434 g/mol. The number of rotatable bonds is 4. The van der Waals surface area contributed by atoms with Gasteiger partial charge in [0.2, 0.25) is 6.79 Å². The minimum Gasteiger partial charge on any atom is -0.507 e. The first kappa shape index (κ1) is 21.6. The second-order valence-electron chi connectivity index (χ2n) is 8.32. The van der Waals surface area contributed by atoms with E-state index in [0.717, 1.165) is 11.1 Å². The molecule has 0 aromatic heterocycles. The molecule has 2 heterocycles. The molecule has 172 valence electrons. The van der Waals surface area contributed by atoms with Gasteiger partial charge in [-0.05, 0) is 43.7 Å². The first-order chi connectivity index (χ1) is 16.4. The predicted molar refractivity (Wildman–Crippen MR) is 126 cm³/mol. The van der Waals surface area contributed by atoms with Crippen molar-refractivity contribution in [2.75, 3.05) is 18.8 Å². The normalized spacial score (nSPS) is 18.4. The summed E-state index contributed by atoms with van der Waals surface area (Å²) in [4.78, 5) is 28.2. The monoisotopic (exact) mass is 457 g/mol. The predicted octanol–water partition coefficient (Wildman–Crippen LogP) is 4.67. The van der Waals surface area contributed by atoms with E-state index < -0.39 is 17.7 Å². The summed E-state index contributed by atoms with van der Waals surface area (Å²) in [7, 11) is 1.49. The van der Waals surface area contributed by atoms with Crippen LogP contribution in [0.1, 0.15) is 28.3 Å². The first-order valence-electron chi connectivity index (χ1n) is 10.8. The fraction of sp³-hybridized carbons (Fsp3) is 0.185. The molecule has 7 heteroatoms. The van der Waals surface area contributed by atoms with Gasteiger partial charge in [-0.15, -0.1) is 0 Å². The molecule has 1 amide bonds. The molecule has 3 aromatic rings. The van der Waals surface area contributed by atoms with E-state index >= 15 is 0 Å². The Balaban J connectivity index is 1.75. The Hall–Kier alpha value is -4.26. The number of ether oxygens (including phenoxy) is 3. The highest BCUT2D eigenvalue weighted by Gasteiger charge is 2.47. The van der Waals surface area contributed by atoms with Gasteiger partial charge in [0, 0.05) is 11.8 Å². The van der Waals surface area contributed by atoms with E-state index in [0.29, 0.717) is 34.1 Å². The number of hydrogen-bond acceptors (Lipinski definition) is 6. The van der Waals surface area contributed by atoms with E-state index in [-0.39, 0.29) is 18.1 Å². The van der Waals surface area contributed by atoms with Crippen molar-refractivity contribution in [3.63, 3.8) is 0 Å². The number of aliphatic hydroxyl groups excluding tert-OH is 1. The van der Waals surface area contributed by atoms with Crippen LogP contribution in [-0.2, 0) is 9.59 Å². The average Bonchev–Trinajstić information content (AvgIpc) is 3.40. The Bertz CT molecular complexity index is 1360. The Morgan fingerprint density at radius 1 is 0.971 bits per heavy atom. The lowest BCUT2D eigenvalue weighted by Crippen LogP contribution is -2.29. The van der Waals surface area contributed by atoms with Crippen LogP contribution in [0.5, 0.6) is 17.2 Å². The Morgan fingerprint density at radius 3 is 2.50 bits per heavy atom. The highest BCUT2D eigenvalue weighted by Crippen LogP contribution is 2.45. The molecule has 0 saturated carbocycles. The Labute approximate surface area is 196 Å². The van der Waals surface area contributed by atoms with Gasteiger partial charge in [-0.1, -0.05) is 41.5 Å². The van der Waals surface area contributed by atoms with Crippen molar-refractivity contribution in [1.82, 2.24) is 0 Å². The molecule has 0 aliphatic carbocycles. The second-order valence-corrected chi connectivity index (χ2v) is 8.32. The van der Waals surface area contributed by atoms with Crippen LogP contribution >= 0.6 is 0 Å². The molecule has 1 atom stereocenters. The lowest BCUT2D eigenvalue weighted by Gasteiger charge is -2.26. The van der Waals surface area contributed by atoms with Crippen LogP contribution in [0.15, 0.2) is 66.2 Å². The standard InChI is InChI=1S/C27H23NO6/c1-15-5-4-6-17(11-15)24-23(25(29)19-12-16(2)7-9-20(19)32-3)26(30)27(31)28(24)18-8-10-21-22(13-18)34-14-33-21/h4-13,24,29H,14H2,1-3H3/b25-23+. The zero-order valence-corrected chi connectivity index (χ0v) is 19.0. The maximum Gasteiger partial charge on any atom is 0.300 e. The molecule has 7 nitrogen and oxygen atoms in total. The van der Waals surface area contributed by atoms with Gasteiger partial charge in [0.1, 0.15) is 11.5 Å². The summed E-state index contributed by atoms with van der Waals surface area (Å²) in [5, 5.41) is 11.4. The SMILES string of the molecule is COc1ccc(C)cc1/C(O)=C1\C(=O)C(=O)N(c2ccc3c(c2)OCO3)C1c1cccc(C)c1. The zero-order chi connectivity index (χ0) is 24.0. The third-order valence-corrected chi connectivity index (χ3v) is 6.05. The van der Waals surface area contributed by atoms with Crippen LogP contribution in [0.4, 0.5) is 5.69 Å². The molecule has 1 N–H and O–H groups in total. The molecule has 2 aliphatic heterocycles. The van der Waals surface area contributed by atoms with Gasteiger partial charge in [0.15, 0.2) is 11.5 Å². The zero-order valence-electron chi connectivity index (χ0n) is 19.0. The number of nitrogens with zero attached hydrogens (tertiary/aromatic N) is 1. The van der Waals surface area contributed by atoms with Crippen molar-refractivity contribution in [2.24, 2.45) is 0 Å². The van der Waals surface area contributed by atoms with Gasteiger partial charge in [-0.2, -0.15) is 0 Å². The van der Waals surface area contributed by atoms with Gasteiger partial charge in [0.05, 0.1) is 24.3 Å². The summed E-state index contributed by atoms with van der Waals surface area (Å²) in [6.07, 6.45) is 0. The minimum atomic E-state index is -0.842. The largest absolute Gasteiger partial charge is 0.507 e. The Kier molecular flexibility index (Phi) is 5.24. The molecule has 1 unspecified atom stereocenters. The van der Waals surface area contributed by atoms with Crippen LogP contribution in [0, 0.1) is 13.8 Å². The maximum absolute atomic E-state index is 13.4. The summed E-state index contributed by atoms with van der Waals surface area (Å²) in [5.41, 5.74) is 3.35. The van der Waals surface area contributed by atoms with Crippen molar-refractivity contribution >= 4 is 23.1 Å². The van der Waals surface area contributed by atoms with Crippen molar-refractivity contribution in [3.05, 3.63) is 88.5 Å². The fourth-order valence-electron chi connectivity index (χ4n) is 4.44. The molecule has 2 aliphatic rings. The topological polar surface area (TPSA) is 85.3 Å². The van der Waals surface area contributed by atoms with Crippen molar-refractivity contribution in [2.45, 2.75) is 19.9 Å². The number of benzene rings is 3. The lowest BCUT2D eigenvalue weighted by molar-refractivity contribution is -0.132. The summed E-state index contributed by atoms with van der Waals surface area (Å²) >= 11 is 0. The van der Waals surface area contributed by atoms with Gasteiger partial charge in [-0.25, -0.2) is 0 Å². The van der Waals surface area contributed by atoms with Crippen LogP contribution in [0.25, 0.3) is 5.76 Å². The summed E-state index contributed by atoms with van der Waals surface area (Å²) in [5.74, 6) is -0.336. The lowest BCUT2D eigenvalue weighted by atomic mass is 9.93. The fourth-order valence-corrected chi connectivity index (χ4v) is 4.44. The van der Waals surface area contributed by atoms with Gasteiger partial charge in [-0.3, -0.25) is 14.5 Å². The molecule has 3 aromatic carbocycles. The van der Waals surface area contributed by atoms with E-state index in [2.05, 4.69) is 0 Å². The number of ketones is 1. The molecule has 1 saturated heterocycles. The molecule has 1 fully saturated rings. The number of aliphatic hydroxyl groups is 1. The quantitative estimate of drug-likeness (QED) is 0.348. The third kappa shape index (κ3) is 3.46. The molecule has 0 radical (unpaired) electrons. The summed E-state index contributed by atoms with van der Waals surface area (Å²) in [6.45, 7) is 3.89. The van der Waals surface area contributed by atoms with Crippen LogP contribution in [-0.4, -0.2) is 30.7 Å². The molecule has 0 spiro atoms. The number of anilines is 1. The van der Waals surface area contributed by atoms with E-state index in [4.69, 9.17) is 14.2 Å². The van der Waals surface area contributed by atoms with E-state index in [9.17, 15) is 14.7 Å². The van der Waals surface area contributed by atoms with Crippen LogP contribution in [0.2, 0.25) is 0 Å². The van der Waals surface area contributed by atoms with Gasteiger partial charge < -0.3 is 19.3 Å². The number of amides is 1. The number of hydrogen-bond donors (Lipinski definition) is 1.